The first-order chi connectivity index (χ1) is 10.4. The van der Waals surface area contributed by atoms with Crippen molar-refractivity contribution >= 4 is 5.97 Å². The fraction of sp³-hybridized carbons (Fsp3) is 0.947. The fourth-order valence-electron chi connectivity index (χ4n) is 4.48. The van der Waals surface area contributed by atoms with E-state index in [0.717, 1.165) is 17.4 Å². The minimum Gasteiger partial charge on any atom is -1.00 e. The van der Waals surface area contributed by atoms with Gasteiger partial charge in [0.25, 0.3) is 0 Å². The summed E-state index contributed by atoms with van der Waals surface area (Å²) in [5.74, 6) is 1.94. The summed E-state index contributed by atoms with van der Waals surface area (Å²) in [5.41, 5.74) is 0. The van der Waals surface area contributed by atoms with E-state index in [0.29, 0.717) is 24.4 Å². The smallest absolute Gasteiger partial charge is 0.309 e. The maximum atomic E-state index is 12.6. The zero-order chi connectivity index (χ0) is 16.2. The van der Waals surface area contributed by atoms with Crippen LogP contribution in [0.5, 0.6) is 0 Å². The summed E-state index contributed by atoms with van der Waals surface area (Å²) in [6.07, 6.45) is 8.50. The van der Waals surface area contributed by atoms with Gasteiger partial charge < -0.3 is 26.2 Å². The highest BCUT2D eigenvalue weighted by Gasteiger charge is 2.34. The van der Waals surface area contributed by atoms with Gasteiger partial charge in [0.05, 0.1) is 39.7 Å². The molecule has 0 aromatic carbocycles. The maximum absolute atomic E-state index is 12.6. The van der Waals surface area contributed by atoms with Gasteiger partial charge in [0.2, 0.25) is 0 Å². The zero-order valence-electron chi connectivity index (χ0n) is 15.5. The Kier molecular flexibility index (Phi) is 8.57. The summed E-state index contributed by atoms with van der Waals surface area (Å²) in [7, 11) is 4.57. The van der Waals surface area contributed by atoms with E-state index in [1.54, 1.807) is 0 Å². The number of quaternary nitrogens is 1. The molecule has 0 amide bonds. The van der Waals surface area contributed by atoms with Crippen molar-refractivity contribution in [1.29, 1.82) is 0 Å². The molecule has 136 valence electrons. The number of carbonyl (C=O) groups is 1. The second-order valence-electron chi connectivity index (χ2n) is 8.76. The second-order valence-corrected chi connectivity index (χ2v) is 8.76. The van der Waals surface area contributed by atoms with Crippen molar-refractivity contribution in [3.8, 4) is 0 Å². The van der Waals surface area contributed by atoms with Crippen molar-refractivity contribution in [2.75, 3.05) is 33.8 Å². The Labute approximate surface area is 153 Å². The molecule has 0 aromatic rings. The molecule has 0 aromatic heterocycles. The number of carbonyl (C=O) groups excluding carboxylic acids is 1. The van der Waals surface area contributed by atoms with Crippen LogP contribution in [0.3, 0.4) is 0 Å². The van der Waals surface area contributed by atoms with Crippen molar-refractivity contribution < 1.29 is 31.0 Å². The number of hydrogen-bond acceptors (Lipinski definition) is 2. The summed E-state index contributed by atoms with van der Waals surface area (Å²) in [5, 5.41) is 0. The molecule has 3 nitrogen and oxygen atoms in total. The van der Waals surface area contributed by atoms with Crippen LogP contribution in [0, 0.1) is 23.7 Å². The Morgan fingerprint density at radius 3 is 2.35 bits per heavy atom. The lowest BCUT2D eigenvalue weighted by Crippen LogP contribution is -3.00. The third kappa shape index (κ3) is 6.74. The van der Waals surface area contributed by atoms with Gasteiger partial charge in [-0.25, -0.2) is 0 Å². The van der Waals surface area contributed by atoms with Crippen LogP contribution < -0.4 is 17.0 Å². The van der Waals surface area contributed by atoms with Gasteiger partial charge in [-0.1, -0.05) is 26.7 Å². The first kappa shape index (κ1) is 21.0. The van der Waals surface area contributed by atoms with E-state index < -0.39 is 0 Å². The average molecular weight is 390 g/mol. The van der Waals surface area contributed by atoms with Gasteiger partial charge in [0.15, 0.2) is 0 Å². The summed E-state index contributed by atoms with van der Waals surface area (Å²) in [6.45, 7) is 7.47. The maximum Gasteiger partial charge on any atom is 0.309 e. The van der Waals surface area contributed by atoms with Gasteiger partial charge in [0.1, 0.15) is 0 Å². The topological polar surface area (TPSA) is 26.3 Å². The molecule has 2 atom stereocenters. The van der Waals surface area contributed by atoms with Crippen LogP contribution in [0.1, 0.15) is 58.8 Å². The molecule has 1 saturated heterocycles. The molecular formula is C19H36BrNO2. The largest absolute Gasteiger partial charge is 1.00 e. The Balaban J connectivity index is 0.00000264. The van der Waals surface area contributed by atoms with Crippen LogP contribution in [0.25, 0.3) is 0 Å². The average Bonchev–Trinajstić information content (AvgIpc) is 2.95. The van der Waals surface area contributed by atoms with Crippen molar-refractivity contribution in [3.63, 3.8) is 0 Å². The number of esters is 1. The Morgan fingerprint density at radius 1 is 1.13 bits per heavy atom. The van der Waals surface area contributed by atoms with Crippen LogP contribution in [0.15, 0.2) is 0 Å². The number of halogens is 1. The normalized spacial score (nSPS) is 25.9. The van der Waals surface area contributed by atoms with Gasteiger partial charge >= 0.3 is 5.97 Å². The van der Waals surface area contributed by atoms with Gasteiger partial charge in [-0.2, -0.15) is 0 Å². The molecular weight excluding hydrogens is 354 g/mol. The van der Waals surface area contributed by atoms with Gasteiger partial charge in [-0.3, -0.25) is 4.79 Å². The van der Waals surface area contributed by atoms with Crippen molar-refractivity contribution in [2.45, 2.75) is 58.8 Å². The predicted octanol–water partition coefficient (Wildman–Crippen LogP) is 0.873. The summed E-state index contributed by atoms with van der Waals surface area (Å²) >= 11 is 0. The third-order valence-corrected chi connectivity index (χ3v) is 5.59. The minimum absolute atomic E-state index is 0. The summed E-state index contributed by atoms with van der Waals surface area (Å²) < 4.78 is 6.87. The number of nitrogens with zero attached hydrogens (tertiary/aromatic N) is 1. The first-order valence-electron chi connectivity index (χ1n) is 9.36. The zero-order valence-corrected chi connectivity index (χ0v) is 17.1. The summed E-state index contributed by atoms with van der Waals surface area (Å²) in [4.78, 5) is 12.6. The fourth-order valence-corrected chi connectivity index (χ4v) is 4.48. The number of likely N-dealkylation sites (tertiary alicyclic amines) is 1. The van der Waals surface area contributed by atoms with Gasteiger partial charge in [-0.05, 0) is 43.9 Å². The van der Waals surface area contributed by atoms with Crippen LogP contribution in [0.2, 0.25) is 0 Å². The van der Waals surface area contributed by atoms with Crippen molar-refractivity contribution in [3.05, 3.63) is 0 Å². The molecule has 2 rings (SSSR count). The lowest BCUT2D eigenvalue weighted by molar-refractivity contribution is -0.898. The van der Waals surface area contributed by atoms with E-state index in [1.807, 2.05) is 0 Å². The second kappa shape index (κ2) is 9.41. The van der Waals surface area contributed by atoms with E-state index in [1.165, 1.54) is 45.1 Å². The molecule has 2 aliphatic rings. The highest BCUT2D eigenvalue weighted by atomic mass is 79.9. The van der Waals surface area contributed by atoms with Crippen molar-refractivity contribution in [2.24, 2.45) is 23.7 Å². The van der Waals surface area contributed by atoms with E-state index in [4.69, 9.17) is 4.74 Å². The van der Waals surface area contributed by atoms with Gasteiger partial charge in [-0.15, -0.1) is 0 Å². The van der Waals surface area contributed by atoms with Crippen LogP contribution in [-0.2, 0) is 9.53 Å². The van der Waals surface area contributed by atoms with E-state index in [2.05, 4.69) is 27.9 Å². The van der Waals surface area contributed by atoms with Gasteiger partial charge in [0, 0.05) is 5.92 Å². The highest BCUT2D eigenvalue weighted by Crippen LogP contribution is 2.35. The molecule has 1 aliphatic heterocycles. The number of hydrogen-bond donors (Lipinski definition) is 0. The Morgan fingerprint density at radius 2 is 1.78 bits per heavy atom. The summed E-state index contributed by atoms with van der Waals surface area (Å²) in [6, 6.07) is 0. The molecule has 0 spiro atoms. The molecule has 4 heteroatoms. The molecule has 1 heterocycles. The standard InChI is InChI=1S/C19H36NO2.BrH/c1-15(2)12-18(17-9-5-6-10-17)19(21)22-14-16-8-7-11-20(3,4)13-16;/h15-18H,5-14H2,1-4H3;1H/q+1;/p-1. The lowest BCUT2D eigenvalue weighted by Gasteiger charge is -2.38. The molecule has 0 N–H and O–H groups in total. The molecule has 23 heavy (non-hydrogen) atoms. The van der Waals surface area contributed by atoms with E-state index in [9.17, 15) is 4.79 Å². The SMILES string of the molecule is CC(C)CC(C(=O)OCC1CCC[N+](C)(C)C1)C1CCCC1.[Br-]. The lowest BCUT2D eigenvalue weighted by atomic mass is 9.84. The minimum atomic E-state index is 0. The number of piperidine rings is 1. The monoisotopic (exact) mass is 389 g/mol. The number of rotatable bonds is 6. The molecule has 2 unspecified atom stereocenters. The number of ether oxygens (including phenoxy) is 1. The quantitative estimate of drug-likeness (QED) is 0.497. The Hall–Kier alpha value is -0.0900. The van der Waals surface area contributed by atoms with E-state index in [-0.39, 0.29) is 28.9 Å². The van der Waals surface area contributed by atoms with Crippen molar-refractivity contribution in [1.82, 2.24) is 0 Å². The van der Waals surface area contributed by atoms with Crippen LogP contribution >= 0.6 is 0 Å². The molecule has 0 radical (unpaired) electrons. The highest BCUT2D eigenvalue weighted by molar-refractivity contribution is 5.72. The van der Waals surface area contributed by atoms with E-state index >= 15 is 0 Å². The first-order valence-corrected chi connectivity index (χ1v) is 9.36. The molecule has 1 saturated carbocycles. The third-order valence-electron chi connectivity index (χ3n) is 5.59. The molecule has 1 aliphatic carbocycles. The van der Waals surface area contributed by atoms with Crippen LogP contribution in [0.4, 0.5) is 0 Å². The Bertz CT molecular complexity index is 364. The molecule has 0 bridgehead atoms. The van der Waals surface area contributed by atoms with Crippen LogP contribution in [-0.4, -0.2) is 44.2 Å². The molecule has 2 fully saturated rings. The predicted molar refractivity (Wildman–Crippen MR) is 90.4 cm³/mol.